The van der Waals surface area contributed by atoms with E-state index in [4.69, 9.17) is 5.11 Å². The lowest BCUT2D eigenvalue weighted by Gasteiger charge is -2.17. The molecule has 0 bridgehead atoms. The van der Waals surface area contributed by atoms with Crippen molar-refractivity contribution in [2.75, 3.05) is 11.9 Å². The fourth-order valence-corrected chi connectivity index (χ4v) is 1.94. The van der Waals surface area contributed by atoms with Crippen molar-refractivity contribution in [3.05, 3.63) is 59.9 Å². The highest BCUT2D eigenvalue weighted by Gasteiger charge is 2.11. The summed E-state index contributed by atoms with van der Waals surface area (Å²) in [6.07, 6.45) is 4.45. The number of carboxylic acid groups (broad SMARTS) is 1. The molecule has 1 N–H and O–H groups in total. The van der Waals surface area contributed by atoms with Crippen LogP contribution in [-0.2, 0) is 11.2 Å². The molecule has 0 spiro atoms. The van der Waals surface area contributed by atoms with Gasteiger partial charge in [-0.05, 0) is 48.4 Å². The summed E-state index contributed by atoms with van der Waals surface area (Å²) in [7, 11) is 1.69. The molecule has 0 unspecified atom stereocenters. The summed E-state index contributed by atoms with van der Waals surface area (Å²) in [4.78, 5) is 28.4. The second-order valence-corrected chi connectivity index (χ2v) is 4.66. The Kier molecular flexibility index (Phi) is 4.66. The zero-order chi connectivity index (χ0) is 15.2. The Morgan fingerprint density at radius 2 is 1.71 bits per heavy atom. The fraction of sp³-hybridized carbons (Fsp3) is 0.188. The van der Waals surface area contributed by atoms with Gasteiger partial charge in [-0.25, -0.2) is 4.79 Å². The number of pyridine rings is 1. The Morgan fingerprint density at radius 3 is 2.29 bits per heavy atom. The molecule has 0 fully saturated rings. The van der Waals surface area contributed by atoms with Gasteiger partial charge in [0.15, 0.2) is 0 Å². The van der Waals surface area contributed by atoms with Gasteiger partial charge in [-0.2, -0.15) is 0 Å². The molecule has 108 valence electrons. The number of carbonyl (C=O) groups is 2. The highest BCUT2D eigenvalue weighted by atomic mass is 16.4. The van der Waals surface area contributed by atoms with E-state index in [0.717, 1.165) is 5.56 Å². The Balaban J connectivity index is 1.97. The average Bonchev–Trinajstić information content (AvgIpc) is 2.53. The number of carboxylic acids is 1. The molecule has 0 aliphatic carbocycles. The first-order valence-electron chi connectivity index (χ1n) is 6.57. The number of anilines is 1. The molecule has 1 amide bonds. The van der Waals surface area contributed by atoms with Crippen molar-refractivity contribution in [1.29, 1.82) is 0 Å². The Bertz CT molecular complexity index is 624. The highest BCUT2D eigenvalue weighted by Crippen LogP contribution is 2.15. The fourth-order valence-electron chi connectivity index (χ4n) is 1.94. The maximum absolute atomic E-state index is 12.1. The van der Waals surface area contributed by atoms with Gasteiger partial charge in [0.2, 0.25) is 5.91 Å². The number of rotatable bonds is 5. The SMILES string of the molecule is CN(C(=O)CCc1ccncc1)c1ccc(C(=O)O)cc1. The van der Waals surface area contributed by atoms with Crippen molar-refractivity contribution in [2.24, 2.45) is 0 Å². The Hall–Kier alpha value is -2.69. The first kappa shape index (κ1) is 14.7. The third-order valence-corrected chi connectivity index (χ3v) is 3.25. The van der Waals surface area contributed by atoms with E-state index in [1.807, 2.05) is 12.1 Å². The van der Waals surface area contributed by atoms with Gasteiger partial charge in [0, 0.05) is 31.5 Å². The number of amides is 1. The number of benzene rings is 1. The molecule has 0 saturated heterocycles. The topological polar surface area (TPSA) is 70.5 Å². The molecule has 0 saturated carbocycles. The third-order valence-electron chi connectivity index (χ3n) is 3.25. The van der Waals surface area contributed by atoms with Crippen LogP contribution in [0.25, 0.3) is 0 Å². The van der Waals surface area contributed by atoms with Crippen LogP contribution in [0.5, 0.6) is 0 Å². The van der Waals surface area contributed by atoms with Crippen molar-refractivity contribution < 1.29 is 14.7 Å². The second kappa shape index (κ2) is 6.65. The Morgan fingerprint density at radius 1 is 1.10 bits per heavy atom. The van der Waals surface area contributed by atoms with E-state index in [9.17, 15) is 9.59 Å². The van der Waals surface area contributed by atoms with Gasteiger partial charge in [-0.3, -0.25) is 9.78 Å². The molecule has 5 nitrogen and oxygen atoms in total. The van der Waals surface area contributed by atoms with Crippen LogP contribution >= 0.6 is 0 Å². The van der Waals surface area contributed by atoms with E-state index in [2.05, 4.69) is 4.98 Å². The van der Waals surface area contributed by atoms with Gasteiger partial charge in [-0.15, -0.1) is 0 Å². The summed E-state index contributed by atoms with van der Waals surface area (Å²) < 4.78 is 0. The predicted octanol–water partition coefficient (Wildman–Crippen LogP) is 2.38. The molecular formula is C16H16N2O3. The highest BCUT2D eigenvalue weighted by molar-refractivity contribution is 5.94. The van der Waals surface area contributed by atoms with Gasteiger partial charge in [0.05, 0.1) is 5.56 Å². The largest absolute Gasteiger partial charge is 0.478 e. The first-order valence-corrected chi connectivity index (χ1v) is 6.57. The number of aryl methyl sites for hydroxylation is 1. The zero-order valence-corrected chi connectivity index (χ0v) is 11.7. The summed E-state index contributed by atoms with van der Waals surface area (Å²) in [5.41, 5.74) is 1.95. The zero-order valence-electron chi connectivity index (χ0n) is 11.7. The monoisotopic (exact) mass is 284 g/mol. The number of nitrogens with zero attached hydrogens (tertiary/aromatic N) is 2. The number of hydrogen-bond acceptors (Lipinski definition) is 3. The van der Waals surface area contributed by atoms with Crippen LogP contribution in [0.15, 0.2) is 48.8 Å². The van der Waals surface area contributed by atoms with Gasteiger partial charge in [0.25, 0.3) is 0 Å². The molecule has 0 aliphatic heterocycles. The van der Waals surface area contributed by atoms with Crippen molar-refractivity contribution in [1.82, 2.24) is 4.98 Å². The molecular weight excluding hydrogens is 268 g/mol. The number of aromatic carboxylic acids is 1. The molecule has 0 aliphatic rings. The van der Waals surface area contributed by atoms with E-state index in [-0.39, 0.29) is 11.5 Å². The Labute approximate surface area is 122 Å². The normalized spacial score (nSPS) is 10.1. The first-order chi connectivity index (χ1) is 10.1. The molecule has 1 heterocycles. The number of carbonyl (C=O) groups excluding carboxylic acids is 1. The van der Waals surface area contributed by atoms with Crippen LogP contribution in [0.1, 0.15) is 22.3 Å². The molecule has 21 heavy (non-hydrogen) atoms. The molecule has 1 aromatic heterocycles. The summed E-state index contributed by atoms with van der Waals surface area (Å²) in [5.74, 6) is -0.997. The van der Waals surface area contributed by atoms with Crippen LogP contribution in [0.3, 0.4) is 0 Å². The number of aromatic nitrogens is 1. The smallest absolute Gasteiger partial charge is 0.335 e. The minimum Gasteiger partial charge on any atom is -0.478 e. The maximum atomic E-state index is 12.1. The lowest BCUT2D eigenvalue weighted by molar-refractivity contribution is -0.118. The van der Waals surface area contributed by atoms with Crippen LogP contribution in [-0.4, -0.2) is 29.0 Å². The molecule has 0 radical (unpaired) electrons. The summed E-state index contributed by atoms with van der Waals surface area (Å²) in [6.45, 7) is 0. The van der Waals surface area contributed by atoms with Gasteiger partial charge >= 0.3 is 5.97 Å². The molecule has 5 heteroatoms. The quantitative estimate of drug-likeness (QED) is 0.915. The van der Waals surface area contributed by atoms with Crippen molar-refractivity contribution >= 4 is 17.6 Å². The van der Waals surface area contributed by atoms with Gasteiger partial charge < -0.3 is 10.0 Å². The van der Waals surface area contributed by atoms with Gasteiger partial charge in [0.1, 0.15) is 0 Å². The predicted molar refractivity (Wildman–Crippen MR) is 79.4 cm³/mol. The second-order valence-electron chi connectivity index (χ2n) is 4.66. The van der Waals surface area contributed by atoms with E-state index in [0.29, 0.717) is 18.5 Å². The van der Waals surface area contributed by atoms with Crippen LogP contribution in [0, 0.1) is 0 Å². The molecule has 2 aromatic rings. The van der Waals surface area contributed by atoms with E-state index >= 15 is 0 Å². The van der Waals surface area contributed by atoms with Crippen LogP contribution in [0.2, 0.25) is 0 Å². The van der Waals surface area contributed by atoms with Crippen molar-refractivity contribution in [2.45, 2.75) is 12.8 Å². The minimum absolute atomic E-state index is 0.0186. The average molecular weight is 284 g/mol. The standard InChI is InChI=1S/C16H16N2O3/c1-18(14-5-3-13(4-6-14)16(20)21)15(19)7-2-12-8-10-17-11-9-12/h3-6,8-11H,2,7H2,1H3,(H,20,21). The van der Waals surface area contributed by atoms with Crippen LogP contribution < -0.4 is 4.90 Å². The van der Waals surface area contributed by atoms with E-state index in [1.54, 1.807) is 31.6 Å². The molecule has 2 rings (SSSR count). The van der Waals surface area contributed by atoms with Crippen molar-refractivity contribution in [3.8, 4) is 0 Å². The molecule has 1 aromatic carbocycles. The third kappa shape index (κ3) is 3.89. The lowest BCUT2D eigenvalue weighted by Crippen LogP contribution is -2.26. The molecule has 0 atom stereocenters. The minimum atomic E-state index is -0.979. The van der Waals surface area contributed by atoms with Crippen molar-refractivity contribution in [3.63, 3.8) is 0 Å². The number of hydrogen-bond donors (Lipinski definition) is 1. The van der Waals surface area contributed by atoms with E-state index in [1.165, 1.54) is 17.0 Å². The van der Waals surface area contributed by atoms with Crippen LogP contribution in [0.4, 0.5) is 5.69 Å². The van der Waals surface area contributed by atoms with Gasteiger partial charge in [-0.1, -0.05) is 0 Å². The lowest BCUT2D eigenvalue weighted by atomic mass is 10.1. The summed E-state index contributed by atoms with van der Waals surface area (Å²) >= 11 is 0. The van der Waals surface area contributed by atoms with E-state index < -0.39 is 5.97 Å². The summed E-state index contributed by atoms with van der Waals surface area (Å²) in [5, 5.41) is 8.85. The maximum Gasteiger partial charge on any atom is 0.335 e. The summed E-state index contributed by atoms with van der Waals surface area (Å²) in [6, 6.07) is 10.0.